The molecule has 1 aromatic rings. The molecule has 0 radical (unpaired) electrons. The summed E-state index contributed by atoms with van der Waals surface area (Å²) in [6.45, 7) is 12.4. The highest BCUT2D eigenvalue weighted by atomic mass is 15.1. The zero-order valence-electron chi connectivity index (χ0n) is 12.4. The van der Waals surface area contributed by atoms with Crippen molar-refractivity contribution in [3.8, 4) is 0 Å². The molecule has 3 heteroatoms. The average molecular weight is 251 g/mol. The van der Waals surface area contributed by atoms with Gasteiger partial charge in [0.1, 0.15) is 5.82 Å². The summed E-state index contributed by atoms with van der Waals surface area (Å²) in [7, 11) is 0. The topological polar surface area (TPSA) is 29.9 Å². The lowest BCUT2D eigenvalue weighted by atomic mass is 9.92. The van der Waals surface area contributed by atoms with Crippen LogP contribution in [0.15, 0.2) is 12.4 Å². The number of aryl methyl sites for hydroxylation is 1. The first-order valence-electron chi connectivity index (χ1n) is 7.39. The van der Waals surface area contributed by atoms with Gasteiger partial charge in [0.15, 0.2) is 0 Å². The lowest BCUT2D eigenvalue weighted by Gasteiger charge is -2.20. The van der Waals surface area contributed by atoms with Crippen molar-refractivity contribution in [1.82, 2.24) is 14.9 Å². The van der Waals surface area contributed by atoms with Crippen molar-refractivity contribution in [3.63, 3.8) is 0 Å². The van der Waals surface area contributed by atoms with Gasteiger partial charge < -0.3 is 9.88 Å². The summed E-state index contributed by atoms with van der Waals surface area (Å²) in [5.74, 6) is 2.61. The molecule has 1 rings (SSSR count). The van der Waals surface area contributed by atoms with Crippen molar-refractivity contribution in [1.29, 1.82) is 0 Å². The van der Waals surface area contributed by atoms with Crippen molar-refractivity contribution in [3.05, 3.63) is 18.2 Å². The van der Waals surface area contributed by atoms with E-state index in [1.165, 1.54) is 18.7 Å². The van der Waals surface area contributed by atoms with Crippen molar-refractivity contribution in [2.45, 2.75) is 53.5 Å². The highest BCUT2D eigenvalue weighted by Crippen LogP contribution is 2.16. The Labute approximate surface area is 112 Å². The first kappa shape index (κ1) is 15.2. The van der Waals surface area contributed by atoms with Crippen molar-refractivity contribution in [2.24, 2.45) is 11.8 Å². The van der Waals surface area contributed by atoms with Crippen LogP contribution in [-0.2, 0) is 13.0 Å². The maximum absolute atomic E-state index is 4.50. The molecule has 0 spiro atoms. The van der Waals surface area contributed by atoms with Gasteiger partial charge in [0.25, 0.3) is 0 Å². The van der Waals surface area contributed by atoms with Gasteiger partial charge in [0, 0.05) is 25.4 Å². The Kier molecular flexibility index (Phi) is 7.02. The fourth-order valence-electron chi connectivity index (χ4n) is 2.17. The molecule has 2 atom stereocenters. The maximum Gasteiger partial charge on any atom is 0.108 e. The Morgan fingerprint density at radius 3 is 2.67 bits per heavy atom. The summed E-state index contributed by atoms with van der Waals surface area (Å²) in [4.78, 5) is 4.50. The summed E-state index contributed by atoms with van der Waals surface area (Å²) in [5, 5.41) is 3.51. The van der Waals surface area contributed by atoms with Crippen LogP contribution in [0, 0.1) is 11.8 Å². The van der Waals surface area contributed by atoms with Crippen LogP contribution in [0.4, 0.5) is 0 Å². The van der Waals surface area contributed by atoms with Crippen LogP contribution in [0.2, 0.25) is 0 Å². The Hall–Kier alpha value is -0.830. The molecule has 0 fully saturated rings. The number of aromatic nitrogens is 2. The second-order valence-corrected chi connectivity index (χ2v) is 5.40. The van der Waals surface area contributed by atoms with E-state index in [-0.39, 0.29) is 0 Å². The van der Waals surface area contributed by atoms with Gasteiger partial charge in [-0.25, -0.2) is 4.98 Å². The summed E-state index contributed by atoms with van der Waals surface area (Å²) < 4.78 is 2.29. The number of hydrogen-bond acceptors (Lipinski definition) is 2. The van der Waals surface area contributed by atoms with Crippen LogP contribution in [0.3, 0.4) is 0 Å². The highest BCUT2D eigenvalue weighted by molar-refractivity contribution is 4.94. The number of nitrogens with one attached hydrogen (secondary N) is 1. The molecule has 0 amide bonds. The van der Waals surface area contributed by atoms with E-state index >= 15 is 0 Å². The molecule has 0 saturated carbocycles. The molecule has 0 saturated heterocycles. The molecule has 0 aromatic carbocycles. The summed E-state index contributed by atoms with van der Waals surface area (Å²) in [5.41, 5.74) is 0. The van der Waals surface area contributed by atoms with Gasteiger partial charge in [-0.1, -0.05) is 27.7 Å². The zero-order valence-corrected chi connectivity index (χ0v) is 12.4. The molecule has 1 heterocycles. The number of rotatable bonds is 9. The second kappa shape index (κ2) is 8.30. The van der Waals surface area contributed by atoms with E-state index in [1.807, 2.05) is 6.20 Å². The van der Waals surface area contributed by atoms with E-state index in [0.29, 0.717) is 11.8 Å². The molecule has 0 aliphatic carbocycles. The van der Waals surface area contributed by atoms with Gasteiger partial charge in [-0.2, -0.15) is 0 Å². The van der Waals surface area contributed by atoms with Crippen LogP contribution in [0.1, 0.15) is 46.4 Å². The minimum absolute atomic E-state index is 0.673. The maximum atomic E-state index is 4.50. The smallest absolute Gasteiger partial charge is 0.108 e. The molecule has 1 aromatic heterocycles. The molecular formula is C15H29N3. The van der Waals surface area contributed by atoms with Crippen molar-refractivity contribution >= 4 is 0 Å². The Morgan fingerprint density at radius 2 is 2.00 bits per heavy atom. The Balaban J connectivity index is 2.42. The number of nitrogens with zero attached hydrogens (tertiary/aromatic N) is 2. The van der Waals surface area contributed by atoms with E-state index < -0.39 is 0 Å². The number of hydrogen-bond donors (Lipinski definition) is 1. The van der Waals surface area contributed by atoms with E-state index in [2.05, 4.69) is 48.8 Å². The minimum atomic E-state index is 0.673. The van der Waals surface area contributed by atoms with E-state index in [1.54, 1.807) is 0 Å². The van der Waals surface area contributed by atoms with Crippen LogP contribution >= 0.6 is 0 Å². The van der Waals surface area contributed by atoms with Gasteiger partial charge in [0.05, 0.1) is 0 Å². The molecule has 3 nitrogen and oxygen atoms in total. The largest absolute Gasteiger partial charge is 0.335 e. The first-order valence-corrected chi connectivity index (χ1v) is 7.39. The highest BCUT2D eigenvalue weighted by Gasteiger charge is 2.15. The molecule has 1 N–H and O–H groups in total. The molecular weight excluding hydrogens is 222 g/mol. The van der Waals surface area contributed by atoms with Gasteiger partial charge >= 0.3 is 0 Å². The molecule has 0 bridgehead atoms. The van der Waals surface area contributed by atoms with Crippen molar-refractivity contribution < 1.29 is 0 Å². The monoisotopic (exact) mass is 251 g/mol. The quantitative estimate of drug-likeness (QED) is 0.683. The Morgan fingerprint density at radius 1 is 1.22 bits per heavy atom. The standard InChI is InChI=1S/C15H29N3/c1-5-7-16-12-14(4)13(3)11-15-17-8-10-18(15)9-6-2/h8,10,13-14,16H,5-7,9,11-12H2,1-4H3. The van der Waals surface area contributed by atoms with Crippen LogP contribution in [-0.4, -0.2) is 22.6 Å². The van der Waals surface area contributed by atoms with E-state index in [4.69, 9.17) is 0 Å². The predicted octanol–water partition coefficient (Wildman–Crippen LogP) is 3.11. The number of imidazole rings is 1. The van der Waals surface area contributed by atoms with Crippen LogP contribution < -0.4 is 5.32 Å². The van der Waals surface area contributed by atoms with Gasteiger partial charge in [0.2, 0.25) is 0 Å². The SMILES string of the molecule is CCCNCC(C)C(C)Cc1nccn1CCC. The minimum Gasteiger partial charge on any atom is -0.335 e. The normalized spacial score (nSPS) is 14.7. The summed E-state index contributed by atoms with van der Waals surface area (Å²) in [6.07, 6.45) is 7.50. The fourth-order valence-corrected chi connectivity index (χ4v) is 2.17. The van der Waals surface area contributed by atoms with Crippen molar-refractivity contribution in [2.75, 3.05) is 13.1 Å². The average Bonchev–Trinajstić information content (AvgIpc) is 2.77. The van der Waals surface area contributed by atoms with Crippen LogP contribution in [0.25, 0.3) is 0 Å². The van der Waals surface area contributed by atoms with E-state index in [9.17, 15) is 0 Å². The summed E-state index contributed by atoms with van der Waals surface area (Å²) in [6, 6.07) is 0. The molecule has 104 valence electrons. The Bertz CT molecular complexity index is 319. The molecule has 0 aliphatic rings. The summed E-state index contributed by atoms with van der Waals surface area (Å²) >= 11 is 0. The third-order valence-electron chi connectivity index (χ3n) is 3.64. The lowest BCUT2D eigenvalue weighted by Crippen LogP contribution is -2.27. The molecule has 18 heavy (non-hydrogen) atoms. The third-order valence-corrected chi connectivity index (χ3v) is 3.64. The van der Waals surface area contributed by atoms with Crippen LogP contribution in [0.5, 0.6) is 0 Å². The van der Waals surface area contributed by atoms with Gasteiger partial charge in [-0.3, -0.25) is 0 Å². The molecule has 2 unspecified atom stereocenters. The predicted molar refractivity (Wildman–Crippen MR) is 77.7 cm³/mol. The first-order chi connectivity index (χ1) is 8.69. The molecule has 0 aliphatic heterocycles. The fraction of sp³-hybridized carbons (Fsp3) is 0.800. The van der Waals surface area contributed by atoms with Gasteiger partial charge in [-0.15, -0.1) is 0 Å². The lowest BCUT2D eigenvalue weighted by molar-refractivity contribution is 0.356. The third kappa shape index (κ3) is 4.81. The van der Waals surface area contributed by atoms with E-state index in [0.717, 1.165) is 26.1 Å². The zero-order chi connectivity index (χ0) is 13.4. The second-order valence-electron chi connectivity index (χ2n) is 5.40. The van der Waals surface area contributed by atoms with Gasteiger partial charge in [-0.05, 0) is 37.8 Å².